The number of thiophene rings is 1. The monoisotopic (exact) mass is 302 g/mol. The van der Waals surface area contributed by atoms with Crippen molar-refractivity contribution in [3.05, 3.63) is 51.7 Å². The molecule has 0 unspecified atom stereocenters. The quantitative estimate of drug-likeness (QED) is 0.680. The van der Waals surface area contributed by atoms with Gasteiger partial charge in [0.25, 0.3) is 5.91 Å². The lowest BCUT2D eigenvalue weighted by atomic mass is 10.2. The normalized spacial score (nSPS) is 11.3. The van der Waals surface area contributed by atoms with Gasteiger partial charge in [-0.15, -0.1) is 11.3 Å². The molecule has 0 bridgehead atoms. The van der Waals surface area contributed by atoms with E-state index in [4.69, 9.17) is 4.74 Å². The first-order valence-corrected chi connectivity index (χ1v) is 7.45. The van der Waals surface area contributed by atoms with Crippen molar-refractivity contribution in [2.45, 2.75) is 20.8 Å². The van der Waals surface area contributed by atoms with Crippen molar-refractivity contribution in [3.8, 4) is 5.75 Å². The molecule has 1 amide bonds. The molecule has 4 nitrogen and oxygen atoms in total. The molecule has 0 saturated heterocycles. The van der Waals surface area contributed by atoms with Crippen LogP contribution in [-0.4, -0.2) is 18.2 Å². The number of nitrogens with zero attached hydrogens (tertiary/aromatic N) is 1. The van der Waals surface area contributed by atoms with Crippen molar-refractivity contribution in [1.82, 2.24) is 5.43 Å². The molecule has 0 aliphatic rings. The maximum absolute atomic E-state index is 11.7. The third kappa shape index (κ3) is 4.72. The van der Waals surface area contributed by atoms with Crippen LogP contribution in [0, 0.1) is 13.8 Å². The molecule has 1 N–H and O–H groups in total. The predicted molar refractivity (Wildman–Crippen MR) is 86.1 cm³/mol. The second-order valence-electron chi connectivity index (χ2n) is 4.75. The van der Waals surface area contributed by atoms with Crippen LogP contribution in [0.2, 0.25) is 0 Å². The molecule has 2 rings (SSSR count). The van der Waals surface area contributed by atoms with E-state index in [1.807, 2.05) is 57.2 Å². The summed E-state index contributed by atoms with van der Waals surface area (Å²) in [5.74, 6) is 0.406. The van der Waals surface area contributed by atoms with E-state index >= 15 is 0 Å². The minimum absolute atomic E-state index is 0.0519. The molecule has 0 aliphatic carbocycles. The Morgan fingerprint density at radius 3 is 2.76 bits per heavy atom. The molecule has 1 aromatic heterocycles. The second kappa shape index (κ2) is 7.04. The van der Waals surface area contributed by atoms with Gasteiger partial charge in [-0.25, -0.2) is 5.43 Å². The van der Waals surface area contributed by atoms with Crippen molar-refractivity contribution in [2.24, 2.45) is 5.10 Å². The van der Waals surface area contributed by atoms with Crippen LogP contribution in [-0.2, 0) is 4.79 Å². The van der Waals surface area contributed by atoms with Crippen molar-refractivity contribution >= 4 is 23.0 Å². The molecule has 0 atom stereocenters. The van der Waals surface area contributed by atoms with Gasteiger partial charge < -0.3 is 4.74 Å². The van der Waals surface area contributed by atoms with Gasteiger partial charge in [0.15, 0.2) is 6.61 Å². The first-order valence-electron chi connectivity index (χ1n) is 6.64. The van der Waals surface area contributed by atoms with Crippen LogP contribution < -0.4 is 10.2 Å². The highest BCUT2D eigenvalue weighted by atomic mass is 32.1. The highest BCUT2D eigenvalue weighted by Gasteiger charge is 2.04. The molecule has 0 spiro atoms. The third-order valence-corrected chi connectivity index (χ3v) is 3.91. The van der Waals surface area contributed by atoms with Crippen molar-refractivity contribution in [2.75, 3.05) is 6.61 Å². The van der Waals surface area contributed by atoms with E-state index in [9.17, 15) is 4.79 Å². The Bertz CT molecular complexity index is 662. The van der Waals surface area contributed by atoms with Gasteiger partial charge in [0, 0.05) is 4.88 Å². The highest BCUT2D eigenvalue weighted by Crippen LogP contribution is 2.15. The second-order valence-corrected chi connectivity index (χ2v) is 6.04. The van der Waals surface area contributed by atoms with Gasteiger partial charge >= 0.3 is 0 Å². The van der Waals surface area contributed by atoms with Crippen LogP contribution >= 0.6 is 11.3 Å². The van der Waals surface area contributed by atoms with E-state index in [-0.39, 0.29) is 12.5 Å². The fourth-order valence-corrected chi connectivity index (χ4v) is 2.53. The Kier molecular flexibility index (Phi) is 5.11. The fourth-order valence-electron chi connectivity index (χ4n) is 1.72. The number of hydrogen-bond donors (Lipinski definition) is 1. The summed E-state index contributed by atoms with van der Waals surface area (Å²) in [5, 5.41) is 4.09. The number of carbonyl (C=O) groups is 1. The number of amides is 1. The molecule has 2 aromatic rings. The summed E-state index contributed by atoms with van der Waals surface area (Å²) in [6.45, 7) is 5.83. The Morgan fingerprint density at radius 2 is 2.10 bits per heavy atom. The van der Waals surface area contributed by atoms with E-state index in [1.54, 1.807) is 11.3 Å². The number of nitrogens with one attached hydrogen (secondary N) is 1. The van der Waals surface area contributed by atoms with Crippen molar-refractivity contribution in [3.63, 3.8) is 0 Å². The average Bonchev–Trinajstić information content (AvgIpc) is 2.89. The summed E-state index contributed by atoms with van der Waals surface area (Å²) in [5.41, 5.74) is 4.39. The average molecular weight is 302 g/mol. The van der Waals surface area contributed by atoms with Crippen LogP contribution in [0.15, 0.2) is 41.5 Å². The first kappa shape index (κ1) is 15.3. The van der Waals surface area contributed by atoms with Gasteiger partial charge in [0.2, 0.25) is 0 Å². The summed E-state index contributed by atoms with van der Waals surface area (Å²) in [4.78, 5) is 14.0. The zero-order chi connectivity index (χ0) is 15.2. The predicted octanol–water partition coefficient (Wildman–Crippen LogP) is 3.28. The first-order chi connectivity index (χ1) is 10.0. The maximum atomic E-state index is 11.7. The zero-order valence-electron chi connectivity index (χ0n) is 12.3. The molecule has 0 fully saturated rings. The van der Waals surface area contributed by atoms with Crippen molar-refractivity contribution in [1.29, 1.82) is 0 Å². The molecule has 0 radical (unpaired) electrons. The van der Waals surface area contributed by atoms with Gasteiger partial charge in [-0.05, 0) is 50.6 Å². The Morgan fingerprint density at radius 1 is 1.29 bits per heavy atom. The molecule has 1 aromatic carbocycles. The largest absolute Gasteiger partial charge is 0.484 e. The van der Waals surface area contributed by atoms with Gasteiger partial charge in [-0.3, -0.25) is 4.79 Å². The number of hydrogen-bond acceptors (Lipinski definition) is 4. The van der Waals surface area contributed by atoms with E-state index in [2.05, 4.69) is 10.5 Å². The SMILES string of the molecule is C/C(=N/NC(=O)COc1cccc(C)c1)c1ccc(C)s1. The van der Waals surface area contributed by atoms with Crippen LogP contribution in [0.25, 0.3) is 0 Å². The van der Waals surface area contributed by atoms with Gasteiger partial charge in [-0.2, -0.15) is 5.10 Å². The lowest BCUT2D eigenvalue weighted by Gasteiger charge is -2.06. The van der Waals surface area contributed by atoms with E-state index in [0.717, 1.165) is 16.2 Å². The summed E-state index contributed by atoms with van der Waals surface area (Å²) < 4.78 is 5.41. The van der Waals surface area contributed by atoms with Crippen LogP contribution in [0.4, 0.5) is 0 Å². The summed E-state index contributed by atoms with van der Waals surface area (Å²) in [6, 6.07) is 11.6. The Hall–Kier alpha value is -2.14. The van der Waals surface area contributed by atoms with Gasteiger partial charge in [-0.1, -0.05) is 12.1 Å². The lowest BCUT2D eigenvalue weighted by molar-refractivity contribution is -0.123. The van der Waals surface area contributed by atoms with Crippen LogP contribution in [0.1, 0.15) is 22.2 Å². The van der Waals surface area contributed by atoms with Crippen molar-refractivity contribution < 1.29 is 9.53 Å². The Labute approximate surface area is 128 Å². The Balaban J connectivity index is 1.84. The highest BCUT2D eigenvalue weighted by molar-refractivity contribution is 7.14. The zero-order valence-corrected chi connectivity index (χ0v) is 13.2. The van der Waals surface area contributed by atoms with Gasteiger partial charge in [0.1, 0.15) is 5.75 Å². The smallest absolute Gasteiger partial charge is 0.277 e. The number of aryl methyl sites for hydroxylation is 2. The number of benzene rings is 1. The molecule has 110 valence electrons. The van der Waals surface area contributed by atoms with Crippen LogP contribution in [0.3, 0.4) is 0 Å². The summed E-state index contributed by atoms with van der Waals surface area (Å²) in [6.07, 6.45) is 0. The number of carbonyl (C=O) groups excluding carboxylic acids is 1. The standard InChI is InChI=1S/C16H18N2O2S/c1-11-5-4-6-14(9-11)20-10-16(19)18-17-13(3)15-8-7-12(2)21-15/h4-9H,10H2,1-3H3,(H,18,19)/b17-13-. The molecular formula is C16H18N2O2S. The minimum Gasteiger partial charge on any atom is -0.484 e. The van der Waals surface area contributed by atoms with E-state index in [1.165, 1.54) is 4.88 Å². The molecule has 21 heavy (non-hydrogen) atoms. The van der Waals surface area contributed by atoms with Gasteiger partial charge in [0.05, 0.1) is 10.6 Å². The molecule has 1 heterocycles. The molecule has 5 heteroatoms. The number of hydrazone groups is 1. The third-order valence-electron chi connectivity index (χ3n) is 2.80. The fraction of sp³-hybridized carbons (Fsp3) is 0.250. The van der Waals surface area contributed by atoms with E-state index < -0.39 is 0 Å². The minimum atomic E-state index is -0.274. The maximum Gasteiger partial charge on any atom is 0.277 e. The molecular weight excluding hydrogens is 284 g/mol. The topological polar surface area (TPSA) is 50.7 Å². The van der Waals surface area contributed by atoms with E-state index in [0.29, 0.717) is 5.75 Å². The number of ether oxygens (including phenoxy) is 1. The molecule has 0 saturated carbocycles. The lowest BCUT2D eigenvalue weighted by Crippen LogP contribution is -2.25. The summed E-state index contributed by atoms with van der Waals surface area (Å²) >= 11 is 1.65. The summed E-state index contributed by atoms with van der Waals surface area (Å²) in [7, 11) is 0. The number of rotatable bonds is 5. The molecule has 0 aliphatic heterocycles. The van der Waals surface area contributed by atoms with Crippen LogP contribution in [0.5, 0.6) is 5.75 Å².